The van der Waals surface area contributed by atoms with E-state index in [4.69, 9.17) is 9.72 Å². The molecule has 26 heavy (non-hydrogen) atoms. The van der Waals surface area contributed by atoms with Crippen LogP contribution in [0.15, 0.2) is 42.6 Å². The highest BCUT2D eigenvalue weighted by Crippen LogP contribution is 2.36. The summed E-state index contributed by atoms with van der Waals surface area (Å²) in [5, 5.41) is 1.38. The molecule has 3 aliphatic rings. The molecule has 1 N–H and O–H groups in total. The van der Waals surface area contributed by atoms with Crippen molar-refractivity contribution in [1.29, 1.82) is 0 Å². The van der Waals surface area contributed by atoms with Gasteiger partial charge in [-0.3, -0.25) is 0 Å². The number of H-pyrrole nitrogens is 1. The summed E-state index contributed by atoms with van der Waals surface area (Å²) < 4.78 is 5.58. The molecule has 5 heteroatoms. The molecule has 2 unspecified atom stereocenters. The number of hydrogen-bond acceptors (Lipinski definition) is 4. The largest absolute Gasteiger partial charge is 0.377 e. The molecule has 2 saturated heterocycles. The molecule has 2 bridgehead atoms. The van der Waals surface area contributed by atoms with Gasteiger partial charge >= 0.3 is 0 Å². The minimum Gasteiger partial charge on any atom is -0.377 e. The number of nitrogens with zero attached hydrogens (tertiary/aromatic N) is 3. The third kappa shape index (κ3) is 2.10. The average Bonchev–Trinajstić information content (AvgIpc) is 3.07. The zero-order valence-corrected chi connectivity index (χ0v) is 14.7. The first-order chi connectivity index (χ1) is 12.9. The molecule has 0 amide bonds. The summed E-state index contributed by atoms with van der Waals surface area (Å²) in [5.41, 5.74) is 5.28. The van der Waals surface area contributed by atoms with Crippen LogP contribution in [0.3, 0.4) is 0 Å². The van der Waals surface area contributed by atoms with E-state index in [9.17, 15) is 0 Å². The fourth-order valence-corrected chi connectivity index (χ4v) is 4.84. The lowest BCUT2D eigenvalue weighted by Crippen LogP contribution is -2.64. The van der Waals surface area contributed by atoms with Gasteiger partial charge in [-0.25, -0.2) is 4.98 Å². The number of rotatable bonds is 2. The summed E-state index contributed by atoms with van der Waals surface area (Å²) in [4.78, 5) is 13.2. The van der Waals surface area contributed by atoms with Crippen LogP contribution in [0.25, 0.3) is 10.9 Å². The summed E-state index contributed by atoms with van der Waals surface area (Å²) >= 11 is 0. The van der Waals surface area contributed by atoms with E-state index < -0.39 is 0 Å². The SMILES string of the molecule is c1ccc2c3c([nH]c2c1)CN(c1ccc(N2C4COCC2C4)nc1)CC3. The van der Waals surface area contributed by atoms with Gasteiger partial charge in [0.15, 0.2) is 0 Å². The van der Waals surface area contributed by atoms with Gasteiger partial charge in [-0.05, 0) is 36.6 Å². The monoisotopic (exact) mass is 346 g/mol. The van der Waals surface area contributed by atoms with Gasteiger partial charge in [0.25, 0.3) is 0 Å². The van der Waals surface area contributed by atoms with Crippen LogP contribution in [0.5, 0.6) is 0 Å². The van der Waals surface area contributed by atoms with Crippen molar-refractivity contribution in [2.45, 2.75) is 31.5 Å². The summed E-state index contributed by atoms with van der Waals surface area (Å²) in [5.74, 6) is 1.10. The van der Waals surface area contributed by atoms with Crippen LogP contribution < -0.4 is 9.80 Å². The Bertz CT molecular complexity index is 950. The lowest BCUT2D eigenvalue weighted by atomic mass is 9.91. The number of hydrogen-bond donors (Lipinski definition) is 1. The number of nitrogens with one attached hydrogen (secondary N) is 1. The fourth-order valence-electron chi connectivity index (χ4n) is 4.84. The van der Waals surface area contributed by atoms with Gasteiger partial charge in [-0.15, -0.1) is 0 Å². The van der Waals surface area contributed by atoms with Gasteiger partial charge in [0.1, 0.15) is 5.82 Å². The Kier molecular flexibility index (Phi) is 3.08. The van der Waals surface area contributed by atoms with Crippen molar-refractivity contribution >= 4 is 22.4 Å². The molecule has 132 valence electrons. The van der Waals surface area contributed by atoms with Crippen LogP contribution in [0, 0.1) is 0 Å². The number of ether oxygens (including phenoxy) is 1. The number of pyridine rings is 1. The highest BCUT2D eigenvalue weighted by atomic mass is 16.5. The quantitative estimate of drug-likeness (QED) is 0.774. The molecule has 2 fully saturated rings. The van der Waals surface area contributed by atoms with E-state index in [-0.39, 0.29) is 0 Å². The van der Waals surface area contributed by atoms with E-state index in [1.54, 1.807) is 0 Å². The molecule has 2 aromatic heterocycles. The van der Waals surface area contributed by atoms with Crippen molar-refractivity contribution in [2.75, 3.05) is 29.6 Å². The maximum absolute atomic E-state index is 5.58. The van der Waals surface area contributed by atoms with E-state index in [1.807, 2.05) is 6.20 Å². The molecule has 6 rings (SSSR count). The number of para-hydroxylation sites is 1. The molecule has 2 atom stereocenters. The molecule has 1 aromatic carbocycles. The van der Waals surface area contributed by atoms with Gasteiger partial charge in [0, 0.05) is 23.1 Å². The van der Waals surface area contributed by atoms with Crippen LogP contribution in [0.4, 0.5) is 11.5 Å². The maximum atomic E-state index is 5.58. The van der Waals surface area contributed by atoms with Gasteiger partial charge in [0.05, 0.1) is 43.7 Å². The molecule has 5 nitrogen and oxygen atoms in total. The second-order valence-electron chi connectivity index (χ2n) is 7.66. The minimum absolute atomic E-state index is 0.524. The molecular formula is C21H22N4O. The van der Waals surface area contributed by atoms with E-state index in [0.717, 1.165) is 38.5 Å². The van der Waals surface area contributed by atoms with Gasteiger partial charge in [-0.2, -0.15) is 0 Å². The predicted molar refractivity (Wildman–Crippen MR) is 103 cm³/mol. The first kappa shape index (κ1) is 14.6. The molecule has 0 radical (unpaired) electrons. The Morgan fingerprint density at radius 1 is 1.08 bits per heavy atom. The van der Waals surface area contributed by atoms with Crippen LogP contribution >= 0.6 is 0 Å². The van der Waals surface area contributed by atoms with Crippen LogP contribution in [-0.2, 0) is 17.7 Å². The van der Waals surface area contributed by atoms with E-state index >= 15 is 0 Å². The van der Waals surface area contributed by atoms with E-state index in [0.29, 0.717) is 12.1 Å². The first-order valence-electron chi connectivity index (χ1n) is 9.52. The van der Waals surface area contributed by atoms with E-state index in [1.165, 1.54) is 34.3 Å². The van der Waals surface area contributed by atoms with Crippen LogP contribution in [-0.4, -0.2) is 41.8 Å². The number of anilines is 2. The first-order valence-corrected chi connectivity index (χ1v) is 9.52. The van der Waals surface area contributed by atoms with Crippen LogP contribution in [0.2, 0.25) is 0 Å². The zero-order valence-electron chi connectivity index (χ0n) is 14.7. The lowest BCUT2D eigenvalue weighted by Gasteiger charge is -2.53. The zero-order chi connectivity index (χ0) is 17.1. The third-order valence-corrected chi connectivity index (χ3v) is 6.20. The lowest BCUT2D eigenvalue weighted by molar-refractivity contribution is 0.00971. The summed E-state index contributed by atoms with van der Waals surface area (Å²) in [6.07, 6.45) is 4.37. The highest BCUT2D eigenvalue weighted by molar-refractivity contribution is 5.85. The topological polar surface area (TPSA) is 44.4 Å². The van der Waals surface area contributed by atoms with Gasteiger partial charge in [-0.1, -0.05) is 18.2 Å². The number of aromatic nitrogens is 2. The van der Waals surface area contributed by atoms with Crippen molar-refractivity contribution in [3.8, 4) is 0 Å². The maximum Gasteiger partial charge on any atom is 0.129 e. The van der Waals surface area contributed by atoms with Crippen LogP contribution in [0.1, 0.15) is 17.7 Å². The highest BCUT2D eigenvalue weighted by Gasteiger charge is 2.42. The predicted octanol–water partition coefficient (Wildman–Crippen LogP) is 3.10. The van der Waals surface area contributed by atoms with Crippen molar-refractivity contribution < 1.29 is 4.74 Å². The normalized spacial score (nSPS) is 24.5. The van der Waals surface area contributed by atoms with Crippen molar-refractivity contribution in [2.24, 2.45) is 0 Å². The smallest absolute Gasteiger partial charge is 0.129 e. The summed E-state index contributed by atoms with van der Waals surface area (Å²) in [6, 6.07) is 14.1. The Morgan fingerprint density at radius 3 is 2.77 bits per heavy atom. The molecule has 0 spiro atoms. The van der Waals surface area contributed by atoms with Crippen molar-refractivity contribution in [1.82, 2.24) is 9.97 Å². The average molecular weight is 346 g/mol. The number of morpholine rings is 1. The Morgan fingerprint density at radius 2 is 1.96 bits per heavy atom. The molecule has 0 aliphatic carbocycles. The molecule has 3 aromatic rings. The molecular weight excluding hydrogens is 324 g/mol. The number of benzene rings is 1. The summed E-state index contributed by atoms with van der Waals surface area (Å²) in [6.45, 7) is 3.65. The van der Waals surface area contributed by atoms with E-state index in [2.05, 4.69) is 51.2 Å². The number of fused-ring (bicyclic) bond motifs is 5. The molecule has 3 aliphatic heterocycles. The molecule has 0 saturated carbocycles. The Labute approximate surface area is 152 Å². The van der Waals surface area contributed by atoms with Gasteiger partial charge < -0.3 is 19.5 Å². The minimum atomic E-state index is 0.524. The van der Waals surface area contributed by atoms with Crippen molar-refractivity contribution in [3.63, 3.8) is 0 Å². The third-order valence-electron chi connectivity index (χ3n) is 6.20. The second-order valence-corrected chi connectivity index (χ2v) is 7.66. The second kappa shape index (κ2) is 5.48. The summed E-state index contributed by atoms with van der Waals surface area (Å²) in [7, 11) is 0. The van der Waals surface area contributed by atoms with Gasteiger partial charge in [0.2, 0.25) is 0 Å². The standard InChI is InChI=1S/C21H22N4O/c1-2-4-19-17(3-1)18-7-8-24(11-20(18)23-19)14-5-6-21(22-10-14)25-15-9-16(25)13-26-12-15/h1-6,10,15-16,23H,7-9,11-13H2. The number of aromatic amines is 1. The fraction of sp³-hybridized carbons (Fsp3) is 0.381. The Balaban J connectivity index is 1.25. The Hall–Kier alpha value is -2.53. The molecule has 5 heterocycles. The van der Waals surface area contributed by atoms with Crippen molar-refractivity contribution in [3.05, 3.63) is 53.9 Å².